The summed E-state index contributed by atoms with van der Waals surface area (Å²) in [5.74, 6) is 2.41. The summed E-state index contributed by atoms with van der Waals surface area (Å²) < 4.78 is 9.56. The van der Waals surface area contributed by atoms with E-state index in [1.54, 1.807) is 0 Å². The van der Waals surface area contributed by atoms with Crippen LogP contribution < -0.4 is 14.4 Å². The highest BCUT2D eigenvalue weighted by Crippen LogP contribution is 2.46. The fraction of sp³-hybridized carbons (Fsp3) is 0.500. The Morgan fingerprint density at radius 1 is 1.19 bits per heavy atom. The molecule has 5 atom stereocenters. The zero-order valence-electron chi connectivity index (χ0n) is 21.3. The highest BCUT2D eigenvalue weighted by atomic mass is 35.5. The first-order chi connectivity index (χ1) is 17.9. The molecule has 1 fully saturated rings. The zero-order valence-corrected chi connectivity index (χ0v) is 22.9. The molecule has 2 N–H and O–H groups in total. The van der Waals surface area contributed by atoms with Crippen molar-refractivity contribution in [3.05, 3.63) is 70.3 Å². The van der Waals surface area contributed by atoms with Gasteiger partial charge in [0.05, 0.1) is 18.4 Å². The number of aliphatic hydroxyl groups is 1. The number of halogens is 1. The lowest BCUT2D eigenvalue weighted by atomic mass is 9.68. The maximum absolute atomic E-state index is 13.0. The summed E-state index contributed by atoms with van der Waals surface area (Å²) in [6.07, 6.45) is 8.96. The second-order valence-electron chi connectivity index (χ2n) is 11.4. The number of ether oxygens (including phenoxy) is 1. The number of aliphatic hydroxyl groups excluding tert-OH is 1. The summed E-state index contributed by atoms with van der Waals surface area (Å²) in [4.78, 5) is 15.5. The summed E-state index contributed by atoms with van der Waals surface area (Å²) in [6.45, 7) is 4.38. The number of fused-ring (bicyclic) bond motifs is 4. The Morgan fingerprint density at radius 3 is 2.92 bits per heavy atom. The lowest BCUT2D eigenvalue weighted by Crippen LogP contribution is -2.49. The molecule has 2 aromatic carbocycles. The zero-order chi connectivity index (χ0) is 25.6. The van der Waals surface area contributed by atoms with Gasteiger partial charge in [0, 0.05) is 34.8 Å². The van der Waals surface area contributed by atoms with E-state index in [4.69, 9.17) is 16.3 Å². The van der Waals surface area contributed by atoms with Crippen LogP contribution in [-0.4, -0.2) is 42.6 Å². The molecule has 0 unspecified atom stereocenters. The van der Waals surface area contributed by atoms with E-state index in [1.165, 1.54) is 23.1 Å². The third-order valence-corrected chi connectivity index (χ3v) is 10.1. The molecule has 1 amide bonds. The second kappa shape index (κ2) is 10.2. The van der Waals surface area contributed by atoms with Gasteiger partial charge in [-0.25, -0.2) is 0 Å². The molecule has 2 aliphatic carbocycles. The average Bonchev–Trinajstić information content (AvgIpc) is 3.02. The first-order valence-corrected chi connectivity index (χ1v) is 14.9. The molecule has 196 valence electrons. The molecular weight excluding hydrogens is 504 g/mol. The maximum atomic E-state index is 13.0. The predicted octanol–water partition coefficient (Wildman–Crippen LogP) is 5.78. The molecule has 6 rings (SSSR count). The number of anilines is 1. The van der Waals surface area contributed by atoms with Crippen molar-refractivity contribution in [2.24, 2.45) is 17.8 Å². The van der Waals surface area contributed by atoms with Crippen molar-refractivity contribution in [3.8, 4) is 5.75 Å². The van der Waals surface area contributed by atoms with Gasteiger partial charge in [-0.1, -0.05) is 36.7 Å². The maximum Gasteiger partial charge on any atom is 0.261 e. The van der Waals surface area contributed by atoms with E-state index in [1.807, 2.05) is 30.3 Å². The van der Waals surface area contributed by atoms with Crippen LogP contribution in [-0.2, 0) is 11.8 Å². The van der Waals surface area contributed by atoms with Gasteiger partial charge in [0.2, 0.25) is 0 Å². The molecule has 2 aliphatic heterocycles. The highest BCUT2D eigenvalue weighted by Gasteiger charge is 2.44. The molecule has 5 nitrogen and oxygen atoms in total. The van der Waals surface area contributed by atoms with E-state index < -0.39 is 6.10 Å². The Labute approximate surface area is 228 Å². The number of nitrogens with zero attached hydrogens (tertiary/aromatic N) is 1. The van der Waals surface area contributed by atoms with E-state index in [9.17, 15) is 9.90 Å². The first kappa shape index (κ1) is 25.1. The van der Waals surface area contributed by atoms with Gasteiger partial charge in [-0.15, -0.1) is 0 Å². The third kappa shape index (κ3) is 4.88. The summed E-state index contributed by atoms with van der Waals surface area (Å²) in [6, 6.07) is 12.2. The lowest BCUT2D eigenvalue weighted by Gasteiger charge is -2.45. The largest absolute Gasteiger partial charge is 0.490 e. The van der Waals surface area contributed by atoms with E-state index in [0.717, 1.165) is 67.4 Å². The van der Waals surface area contributed by atoms with Crippen molar-refractivity contribution >= 4 is 35.1 Å². The number of hydrogen-bond donors (Lipinski definition) is 2. The van der Waals surface area contributed by atoms with Gasteiger partial charge in [-0.3, -0.25) is 9.52 Å². The molecule has 7 heteroatoms. The molecule has 2 heterocycles. The number of amides is 1. The summed E-state index contributed by atoms with van der Waals surface area (Å²) >= 11 is 7.80. The predicted molar refractivity (Wildman–Crippen MR) is 151 cm³/mol. The Bertz CT molecular complexity index is 1220. The highest BCUT2D eigenvalue weighted by molar-refractivity contribution is 7.97. The molecule has 0 saturated heterocycles. The van der Waals surface area contributed by atoms with Gasteiger partial charge >= 0.3 is 0 Å². The molecule has 0 radical (unpaired) electrons. The number of aryl methyl sites for hydroxylation is 1. The van der Waals surface area contributed by atoms with Gasteiger partial charge in [-0.05, 0) is 103 Å². The quantitative estimate of drug-likeness (QED) is 0.329. The Hall–Kier alpha value is -2.15. The van der Waals surface area contributed by atoms with Gasteiger partial charge in [-0.2, -0.15) is 0 Å². The summed E-state index contributed by atoms with van der Waals surface area (Å²) in [5.41, 5.74) is 4.14. The minimum absolute atomic E-state index is 0.0861. The van der Waals surface area contributed by atoms with Gasteiger partial charge in [0.25, 0.3) is 5.91 Å². The fourth-order valence-electron chi connectivity index (χ4n) is 6.61. The van der Waals surface area contributed by atoms with Gasteiger partial charge in [0.15, 0.2) is 0 Å². The van der Waals surface area contributed by atoms with Crippen LogP contribution in [0.15, 0.2) is 48.6 Å². The van der Waals surface area contributed by atoms with Crippen molar-refractivity contribution in [2.45, 2.75) is 50.5 Å². The monoisotopic (exact) mass is 538 g/mol. The van der Waals surface area contributed by atoms with Gasteiger partial charge < -0.3 is 14.7 Å². The fourth-order valence-corrected chi connectivity index (χ4v) is 7.51. The van der Waals surface area contributed by atoms with Crippen LogP contribution in [0.4, 0.5) is 5.69 Å². The summed E-state index contributed by atoms with van der Waals surface area (Å²) in [5, 5.41) is 11.8. The minimum Gasteiger partial charge on any atom is -0.490 e. The number of nitrogens with one attached hydrogen (secondary N) is 1. The number of rotatable bonds is 0. The number of carbonyl (C=O) groups excluding carboxylic acids is 1. The Kier molecular flexibility index (Phi) is 6.93. The van der Waals surface area contributed by atoms with Crippen molar-refractivity contribution in [1.29, 1.82) is 0 Å². The van der Waals surface area contributed by atoms with E-state index in [2.05, 4.69) is 34.8 Å². The third-order valence-electron chi connectivity index (χ3n) is 8.82. The van der Waals surface area contributed by atoms with E-state index >= 15 is 0 Å². The van der Waals surface area contributed by atoms with Crippen LogP contribution in [0.25, 0.3) is 0 Å². The van der Waals surface area contributed by atoms with Crippen LogP contribution in [0.1, 0.15) is 54.1 Å². The van der Waals surface area contributed by atoms with Gasteiger partial charge in [0.1, 0.15) is 5.75 Å². The van der Waals surface area contributed by atoms with E-state index in [0.29, 0.717) is 18.1 Å². The van der Waals surface area contributed by atoms with Crippen LogP contribution in [0, 0.1) is 17.8 Å². The van der Waals surface area contributed by atoms with Crippen LogP contribution in [0.2, 0.25) is 5.02 Å². The normalized spacial score (nSPS) is 32.4. The van der Waals surface area contributed by atoms with Crippen LogP contribution in [0.5, 0.6) is 5.75 Å². The standard InChI is InChI=1S/C30H35ClN2O3S/c1-19-4-10-27(34)24-8-5-22(24)15-33-17-30(12-2-3-20-13-23(31)7-9-25(20)30)18-36-28-11-6-21(14-26(28)33)29(35)32-37-16-19/h4,6-7,9-11,13-14,19,22,24,27,34H,2-3,5,8,12,15-18H2,1H3,(H,32,35)/b10-4-/t19-,22-,24+,27-,30-/m0/s1. The second-order valence-corrected chi connectivity index (χ2v) is 12.6. The van der Waals surface area contributed by atoms with E-state index in [-0.39, 0.29) is 23.2 Å². The Balaban J connectivity index is 1.40. The molecular formula is C30H35ClN2O3S. The van der Waals surface area contributed by atoms with Crippen LogP contribution >= 0.6 is 23.5 Å². The lowest BCUT2D eigenvalue weighted by molar-refractivity contribution is 0.0455. The van der Waals surface area contributed by atoms with Crippen molar-refractivity contribution in [2.75, 3.05) is 30.3 Å². The molecule has 0 aromatic heterocycles. The SMILES string of the molecule is C[C@H]1/C=C\[C@H](O)[C@@H]2CC[C@H]2CN2C[C@@]3(CCCc4cc(Cl)ccc43)COc3ccc(cc32)C(=O)NSC1. The molecule has 2 bridgehead atoms. The first-order valence-electron chi connectivity index (χ1n) is 13.5. The smallest absolute Gasteiger partial charge is 0.261 e. The minimum atomic E-state index is -0.438. The van der Waals surface area contributed by atoms with Crippen LogP contribution in [0.3, 0.4) is 0 Å². The summed E-state index contributed by atoms with van der Waals surface area (Å²) in [7, 11) is 0. The molecule has 37 heavy (non-hydrogen) atoms. The number of benzene rings is 2. The van der Waals surface area contributed by atoms with Crippen molar-refractivity contribution in [3.63, 3.8) is 0 Å². The van der Waals surface area contributed by atoms with Crippen molar-refractivity contribution < 1.29 is 14.6 Å². The molecule has 2 aromatic rings. The number of hydrogen-bond acceptors (Lipinski definition) is 5. The van der Waals surface area contributed by atoms with Crippen molar-refractivity contribution in [1.82, 2.24) is 4.72 Å². The molecule has 4 aliphatic rings. The molecule has 1 spiro atoms. The number of allylic oxidation sites excluding steroid dienone is 1. The molecule has 1 saturated carbocycles. The topological polar surface area (TPSA) is 61.8 Å². The average molecular weight is 539 g/mol. The number of carbonyl (C=O) groups is 1. The Morgan fingerprint density at radius 2 is 2.08 bits per heavy atom.